The Hall–Kier alpha value is -0.610. The molecule has 0 bridgehead atoms. The number of hydrogen-bond acceptors (Lipinski definition) is 3. The largest absolute Gasteiger partial charge is 0.344 e. The Bertz CT molecular complexity index is 263. The molecule has 0 aromatic carbocycles. The molecule has 2 fully saturated rings. The third kappa shape index (κ3) is 2.80. The van der Waals surface area contributed by atoms with Gasteiger partial charge in [0.25, 0.3) is 0 Å². The Morgan fingerprint density at radius 3 is 2.53 bits per heavy atom. The van der Waals surface area contributed by atoms with Crippen LogP contribution in [0.3, 0.4) is 0 Å². The Balaban J connectivity index is 2.09. The number of nitrogens with two attached hydrogens (primary N) is 1. The van der Waals surface area contributed by atoms with Crippen molar-refractivity contribution in [2.45, 2.75) is 50.6 Å². The number of carbonyl (C=O) groups is 1. The molecule has 98 valence electrons. The van der Waals surface area contributed by atoms with Crippen LogP contribution in [0, 0.1) is 0 Å². The fraction of sp³-hybridized carbons (Fsp3) is 0.923. The molecule has 4 nitrogen and oxygen atoms in total. The molecule has 1 unspecified atom stereocenters. The average molecular weight is 239 g/mol. The number of carbonyl (C=O) groups excluding carboxylic acids is 1. The van der Waals surface area contributed by atoms with Gasteiger partial charge in [-0.3, -0.25) is 9.69 Å². The van der Waals surface area contributed by atoms with Crippen molar-refractivity contribution in [3.05, 3.63) is 0 Å². The molecule has 1 aliphatic carbocycles. The summed E-state index contributed by atoms with van der Waals surface area (Å²) in [5, 5.41) is 0. The molecule has 1 saturated carbocycles. The lowest BCUT2D eigenvalue weighted by atomic mass is 9.93. The van der Waals surface area contributed by atoms with E-state index in [4.69, 9.17) is 5.73 Å². The normalized spacial score (nSPS) is 29.4. The van der Waals surface area contributed by atoms with Crippen LogP contribution in [-0.2, 0) is 4.79 Å². The zero-order valence-electron chi connectivity index (χ0n) is 10.9. The molecular formula is C13H25N3O. The van der Waals surface area contributed by atoms with Gasteiger partial charge in [0.05, 0.1) is 0 Å². The predicted octanol–water partition coefficient (Wildman–Crippen LogP) is 0.811. The minimum Gasteiger partial charge on any atom is -0.344 e. The second-order valence-corrected chi connectivity index (χ2v) is 5.39. The lowest BCUT2D eigenvalue weighted by Gasteiger charge is -2.37. The summed E-state index contributed by atoms with van der Waals surface area (Å²) in [7, 11) is 1.90. The van der Waals surface area contributed by atoms with Crippen molar-refractivity contribution in [3.63, 3.8) is 0 Å². The summed E-state index contributed by atoms with van der Waals surface area (Å²) in [6.45, 7) is 2.36. The molecule has 4 heteroatoms. The molecular weight excluding hydrogens is 214 g/mol. The van der Waals surface area contributed by atoms with E-state index in [1.54, 1.807) is 0 Å². The number of nitrogens with zero attached hydrogens (tertiary/aromatic N) is 2. The van der Waals surface area contributed by atoms with Crippen molar-refractivity contribution in [2.24, 2.45) is 5.73 Å². The van der Waals surface area contributed by atoms with Crippen molar-refractivity contribution in [3.8, 4) is 0 Å². The van der Waals surface area contributed by atoms with Crippen LogP contribution >= 0.6 is 0 Å². The summed E-state index contributed by atoms with van der Waals surface area (Å²) in [6, 6.07) is 0.512. The molecule has 1 amide bonds. The van der Waals surface area contributed by atoms with Crippen LogP contribution in [0.25, 0.3) is 0 Å². The molecule has 0 spiro atoms. The maximum atomic E-state index is 12.2. The third-order valence-electron chi connectivity index (χ3n) is 4.24. The van der Waals surface area contributed by atoms with Crippen LogP contribution in [0.15, 0.2) is 0 Å². The van der Waals surface area contributed by atoms with Crippen LogP contribution in [-0.4, -0.2) is 54.5 Å². The maximum absolute atomic E-state index is 12.2. The van der Waals surface area contributed by atoms with Gasteiger partial charge in [-0.15, -0.1) is 0 Å². The van der Waals surface area contributed by atoms with Crippen LogP contribution < -0.4 is 5.73 Å². The molecule has 2 rings (SSSR count). The Kier molecular flexibility index (Phi) is 4.40. The number of hydrogen-bond donors (Lipinski definition) is 1. The van der Waals surface area contributed by atoms with Crippen molar-refractivity contribution in [1.82, 2.24) is 9.80 Å². The SMILES string of the molecule is CN1CCCN(C2CCCCC2)C(CN)C1=O. The molecule has 0 aromatic heterocycles. The Labute approximate surface area is 104 Å². The van der Waals surface area contributed by atoms with E-state index in [9.17, 15) is 4.79 Å². The van der Waals surface area contributed by atoms with Gasteiger partial charge in [0, 0.05) is 32.7 Å². The summed E-state index contributed by atoms with van der Waals surface area (Å²) in [4.78, 5) is 16.5. The monoisotopic (exact) mass is 239 g/mol. The highest BCUT2D eigenvalue weighted by Gasteiger charge is 2.34. The second kappa shape index (κ2) is 5.83. The molecule has 17 heavy (non-hydrogen) atoms. The van der Waals surface area contributed by atoms with Crippen molar-refractivity contribution >= 4 is 5.91 Å². The summed E-state index contributed by atoms with van der Waals surface area (Å²) in [5.41, 5.74) is 5.83. The fourth-order valence-electron chi connectivity index (χ4n) is 3.24. The fourth-order valence-corrected chi connectivity index (χ4v) is 3.24. The quantitative estimate of drug-likeness (QED) is 0.776. The van der Waals surface area contributed by atoms with Gasteiger partial charge < -0.3 is 10.6 Å². The highest BCUT2D eigenvalue weighted by molar-refractivity contribution is 5.82. The maximum Gasteiger partial charge on any atom is 0.240 e. The van der Waals surface area contributed by atoms with Crippen molar-refractivity contribution in [1.29, 1.82) is 0 Å². The zero-order chi connectivity index (χ0) is 12.3. The summed E-state index contributed by atoms with van der Waals surface area (Å²) >= 11 is 0. The van der Waals surface area contributed by atoms with Crippen LogP contribution in [0.2, 0.25) is 0 Å². The van der Waals surface area contributed by atoms with Gasteiger partial charge in [0.1, 0.15) is 6.04 Å². The van der Waals surface area contributed by atoms with E-state index in [0.717, 1.165) is 19.5 Å². The zero-order valence-corrected chi connectivity index (χ0v) is 10.9. The molecule has 1 aliphatic heterocycles. The first-order valence-corrected chi connectivity index (χ1v) is 6.95. The van der Waals surface area contributed by atoms with Gasteiger partial charge in [-0.2, -0.15) is 0 Å². The summed E-state index contributed by atoms with van der Waals surface area (Å²) in [5.74, 6) is 0.218. The van der Waals surface area contributed by atoms with Gasteiger partial charge in [0.2, 0.25) is 5.91 Å². The number of rotatable bonds is 2. The molecule has 1 saturated heterocycles. The van der Waals surface area contributed by atoms with E-state index < -0.39 is 0 Å². The van der Waals surface area contributed by atoms with Crippen molar-refractivity contribution in [2.75, 3.05) is 26.7 Å². The first-order valence-electron chi connectivity index (χ1n) is 6.95. The lowest BCUT2D eigenvalue weighted by molar-refractivity contribution is -0.134. The third-order valence-corrected chi connectivity index (χ3v) is 4.24. The first-order chi connectivity index (χ1) is 8.24. The van der Waals surface area contributed by atoms with E-state index in [-0.39, 0.29) is 11.9 Å². The standard InChI is InChI=1S/C13H25N3O/c1-15-8-5-9-16(12(10-14)13(15)17)11-6-3-2-4-7-11/h11-12H,2-10,14H2,1H3. The molecule has 1 atom stereocenters. The molecule has 0 aromatic rings. The van der Waals surface area contributed by atoms with Gasteiger partial charge in [-0.1, -0.05) is 19.3 Å². The lowest BCUT2D eigenvalue weighted by Crippen LogP contribution is -2.53. The van der Waals surface area contributed by atoms with E-state index in [1.807, 2.05) is 11.9 Å². The first kappa shape index (κ1) is 12.8. The Morgan fingerprint density at radius 1 is 1.18 bits per heavy atom. The van der Waals surface area contributed by atoms with Crippen LogP contribution in [0.5, 0.6) is 0 Å². The predicted molar refractivity (Wildman–Crippen MR) is 68.7 cm³/mol. The topological polar surface area (TPSA) is 49.6 Å². The van der Waals surface area contributed by atoms with Gasteiger partial charge in [-0.25, -0.2) is 0 Å². The Morgan fingerprint density at radius 2 is 1.88 bits per heavy atom. The van der Waals surface area contributed by atoms with Gasteiger partial charge >= 0.3 is 0 Å². The molecule has 2 aliphatic rings. The minimum atomic E-state index is -0.0781. The minimum absolute atomic E-state index is 0.0781. The number of amides is 1. The highest BCUT2D eigenvalue weighted by Crippen LogP contribution is 2.25. The van der Waals surface area contributed by atoms with E-state index >= 15 is 0 Å². The smallest absolute Gasteiger partial charge is 0.240 e. The molecule has 1 heterocycles. The van der Waals surface area contributed by atoms with Crippen LogP contribution in [0.4, 0.5) is 0 Å². The number of likely N-dealkylation sites (N-methyl/N-ethyl adjacent to an activating group) is 1. The molecule has 2 N–H and O–H groups in total. The average Bonchev–Trinajstić information content (AvgIpc) is 2.51. The van der Waals surface area contributed by atoms with E-state index in [1.165, 1.54) is 32.1 Å². The van der Waals surface area contributed by atoms with Crippen molar-refractivity contribution < 1.29 is 4.79 Å². The van der Waals surface area contributed by atoms with E-state index in [0.29, 0.717) is 12.6 Å². The molecule has 0 radical (unpaired) electrons. The summed E-state index contributed by atoms with van der Waals surface area (Å²) in [6.07, 6.45) is 7.53. The summed E-state index contributed by atoms with van der Waals surface area (Å²) < 4.78 is 0. The second-order valence-electron chi connectivity index (χ2n) is 5.39. The highest BCUT2D eigenvalue weighted by atomic mass is 16.2. The van der Waals surface area contributed by atoms with Gasteiger partial charge in [-0.05, 0) is 19.3 Å². The van der Waals surface area contributed by atoms with E-state index in [2.05, 4.69) is 4.90 Å². The van der Waals surface area contributed by atoms with Crippen LogP contribution in [0.1, 0.15) is 38.5 Å². The van der Waals surface area contributed by atoms with Gasteiger partial charge in [0.15, 0.2) is 0 Å².